The maximum absolute atomic E-state index is 12.9. The first-order valence-electron chi connectivity index (χ1n) is 7.89. The van der Waals surface area contributed by atoms with Gasteiger partial charge in [0, 0.05) is 0 Å². The van der Waals surface area contributed by atoms with Gasteiger partial charge in [-0.2, -0.15) is 0 Å². The molecular formula is C20H18ClNO2. The highest BCUT2D eigenvalue weighted by Crippen LogP contribution is 2.36. The van der Waals surface area contributed by atoms with Gasteiger partial charge in [0.2, 0.25) is 0 Å². The Hall–Kier alpha value is -2.39. The van der Waals surface area contributed by atoms with Gasteiger partial charge >= 0.3 is 0 Å². The highest BCUT2D eigenvalue weighted by Gasteiger charge is 2.39. The quantitative estimate of drug-likeness (QED) is 0.778. The molecule has 0 bridgehead atoms. The first-order chi connectivity index (χ1) is 11.4. The molecule has 0 N–H and O–H groups in total. The number of aryl methyl sites for hydroxylation is 3. The van der Waals surface area contributed by atoms with Gasteiger partial charge in [-0.15, -0.1) is 0 Å². The number of benzene rings is 2. The van der Waals surface area contributed by atoms with Crippen molar-refractivity contribution in [1.82, 2.24) is 0 Å². The third-order valence-corrected chi connectivity index (χ3v) is 4.63. The van der Waals surface area contributed by atoms with Gasteiger partial charge in [0.25, 0.3) is 11.8 Å². The summed E-state index contributed by atoms with van der Waals surface area (Å²) in [7, 11) is 0. The van der Waals surface area contributed by atoms with Crippen LogP contribution < -0.4 is 4.90 Å². The lowest BCUT2D eigenvalue weighted by Gasteiger charge is -2.15. The Morgan fingerprint density at radius 2 is 1.62 bits per heavy atom. The van der Waals surface area contributed by atoms with Crippen LogP contribution in [0.5, 0.6) is 0 Å². The molecular weight excluding hydrogens is 322 g/mol. The summed E-state index contributed by atoms with van der Waals surface area (Å²) in [6, 6.07) is 13.1. The molecule has 0 aromatic heterocycles. The van der Waals surface area contributed by atoms with Crippen LogP contribution in [0.1, 0.15) is 29.2 Å². The van der Waals surface area contributed by atoms with Crippen LogP contribution in [0, 0.1) is 13.8 Å². The second-order valence-electron chi connectivity index (χ2n) is 5.97. The smallest absolute Gasteiger partial charge is 0.268 e. The fourth-order valence-corrected chi connectivity index (χ4v) is 3.21. The van der Waals surface area contributed by atoms with Crippen molar-refractivity contribution in [2.75, 3.05) is 4.90 Å². The summed E-state index contributed by atoms with van der Waals surface area (Å²) in [6.45, 7) is 5.95. The normalized spacial score (nSPS) is 14.8. The third kappa shape index (κ3) is 2.65. The molecule has 1 heterocycles. The number of hydrogen-bond acceptors (Lipinski definition) is 2. The molecule has 0 unspecified atom stereocenters. The predicted molar refractivity (Wildman–Crippen MR) is 97.0 cm³/mol. The second-order valence-corrected chi connectivity index (χ2v) is 6.35. The molecule has 0 fully saturated rings. The standard InChI is InChI=1S/C20H18ClNO2/c1-4-14-6-8-15(9-7-14)22-19(23)17(18(21)20(22)24)16-10-5-12(2)11-13(16)3/h5-11H,4H2,1-3H3. The van der Waals surface area contributed by atoms with Gasteiger partial charge in [0.1, 0.15) is 5.03 Å². The van der Waals surface area contributed by atoms with Crippen molar-refractivity contribution in [3.05, 3.63) is 69.8 Å². The molecule has 24 heavy (non-hydrogen) atoms. The van der Waals surface area contributed by atoms with Gasteiger partial charge in [0.15, 0.2) is 0 Å². The highest BCUT2D eigenvalue weighted by atomic mass is 35.5. The average molecular weight is 340 g/mol. The zero-order valence-corrected chi connectivity index (χ0v) is 14.6. The van der Waals surface area contributed by atoms with Crippen molar-refractivity contribution in [2.24, 2.45) is 0 Å². The molecule has 0 atom stereocenters. The number of carbonyl (C=O) groups excluding carboxylic acids is 2. The van der Waals surface area contributed by atoms with E-state index in [0.29, 0.717) is 11.3 Å². The first kappa shape index (κ1) is 16.5. The largest absolute Gasteiger partial charge is 0.277 e. The van der Waals surface area contributed by atoms with Crippen molar-refractivity contribution < 1.29 is 9.59 Å². The Morgan fingerprint density at radius 3 is 2.21 bits per heavy atom. The second kappa shape index (κ2) is 6.25. The minimum Gasteiger partial charge on any atom is -0.268 e. The van der Waals surface area contributed by atoms with Crippen LogP contribution in [-0.4, -0.2) is 11.8 Å². The van der Waals surface area contributed by atoms with E-state index in [1.54, 1.807) is 12.1 Å². The van der Waals surface area contributed by atoms with E-state index >= 15 is 0 Å². The maximum Gasteiger partial charge on any atom is 0.277 e. The first-order valence-corrected chi connectivity index (χ1v) is 8.27. The molecule has 2 aromatic rings. The van der Waals surface area contributed by atoms with Crippen LogP contribution in [0.3, 0.4) is 0 Å². The van der Waals surface area contributed by atoms with E-state index in [-0.39, 0.29) is 16.5 Å². The molecule has 0 saturated heterocycles. The van der Waals surface area contributed by atoms with Crippen LogP contribution in [0.4, 0.5) is 5.69 Å². The molecule has 0 radical (unpaired) electrons. The number of carbonyl (C=O) groups is 2. The van der Waals surface area contributed by atoms with E-state index in [0.717, 1.165) is 28.0 Å². The van der Waals surface area contributed by atoms with Crippen molar-refractivity contribution >= 4 is 34.7 Å². The Labute approximate surface area is 146 Å². The van der Waals surface area contributed by atoms with E-state index in [4.69, 9.17) is 11.6 Å². The number of imide groups is 1. The van der Waals surface area contributed by atoms with Gasteiger partial charge < -0.3 is 0 Å². The molecule has 2 aromatic carbocycles. The molecule has 2 amide bonds. The SMILES string of the molecule is CCc1ccc(N2C(=O)C(Cl)=C(c3ccc(C)cc3C)C2=O)cc1. The van der Waals surface area contributed by atoms with E-state index in [1.165, 1.54) is 0 Å². The maximum atomic E-state index is 12.9. The van der Waals surface area contributed by atoms with Crippen molar-refractivity contribution in [3.8, 4) is 0 Å². The summed E-state index contributed by atoms with van der Waals surface area (Å²) in [5.41, 5.74) is 4.69. The fourth-order valence-electron chi connectivity index (χ4n) is 2.95. The molecule has 1 aliphatic heterocycles. The zero-order chi connectivity index (χ0) is 17.4. The Balaban J connectivity index is 2.04. The summed E-state index contributed by atoms with van der Waals surface area (Å²) in [5.74, 6) is -0.845. The molecule has 3 nitrogen and oxygen atoms in total. The summed E-state index contributed by atoms with van der Waals surface area (Å²) in [5, 5.41) is -0.0217. The number of halogens is 1. The monoisotopic (exact) mass is 339 g/mol. The van der Waals surface area contributed by atoms with Crippen molar-refractivity contribution in [1.29, 1.82) is 0 Å². The number of rotatable bonds is 3. The van der Waals surface area contributed by atoms with Gasteiger partial charge in [-0.25, -0.2) is 4.90 Å². The zero-order valence-electron chi connectivity index (χ0n) is 13.9. The number of hydrogen-bond donors (Lipinski definition) is 0. The van der Waals surface area contributed by atoms with Crippen LogP contribution in [0.15, 0.2) is 47.5 Å². The van der Waals surface area contributed by atoms with Gasteiger partial charge in [0.05, 0.1) is 11.3 Å². The van der Waals surface area contributed by atoms with Crippen LogP contribution >= 0.6 is 11.6 Å². The van der Waals surface area contributed by atoms with E-state index in [2.05, 4.69) is 6.92 Å². The number of anilines is 1. The Morgan fingerprint density at radius 1 is 0.958 bits per heavy atom. The van der Waals surface area contributed by atoms with Crippen molar-refractivity contribution in [2.45, 2.75) is 27.2 Å². The van der Waals surface area contributed by atoms with Crippen LogP contribution in [0.25, 0.3) is 5.57 Å². The van der Waals surface area contributed by atoms with E-state index < -0.39 is 5.91 Å². The third-order valence-electron chi connectivity index (χ3n) is 4.28. The lowest BCUT2D eigenvalue weighted by Crippen LogP contribution is -2.31. The topological polar surface area (TPSA) is 37.4 Å². The summed E-state index contributed by atoms with van der Waals surface area (Å²) in [4.78, 5) is 26.6. The van der Waals surface area contributed by atoms with Gasteiger partial charge in [-0.05, 0) is 49.1 Å². The molecule has 122 valence electrons. The fraction of sp³-hybridized carbons (Fsp3) is 0.200. The summed E-state index contributed by atoms with van der Waals surface area (Å²) >= 11 is 6.24. The molecule has 3 rings (SSSR count). The summed E-state index contributed by atoms with van der Waals surface area (Å²) in [6.07, 6.45) is 0.898. The van der Waals surface area contributed by atoms with Gasteiger partial charge in [-0.3, -0.25) is 9.59 Å². The number of amides is 2. The van der Waals surface area contributed by atoms with Crippen molar-refractivity contribution in [3.63, 3.8) is 0 Å². The molecule has 1 aliphatic rings. The minimum absolute atomic E-state index is 0.0217. The average Bonchev–Trinajstić information content (AvgIpc) is 2.78. The molecule has 0 spiro atoms. The molecule has 0 aliphatic carbocycles. The van der Waals surface area contributed by atoms with Crippen LogP contribution in [-0.2, 0) is 16.0 Å². The number of nitrogens with zero attached hydrogens (tertiary/aromatic N) is 1. The van der Waals surface area contributed by atoms with Crippen LogP contribution in [0.2, 0.25) is 0 Å². The molecule has 0 saturated carbocycles. The van der Waals surface area contributed by atoms with Gasteiger partial charge in [-0.1, -0.05) is 54.4 Å². The van der Waals surface area contributed by atoms with E-state index in [9.17, 15) is 9.59 Å². The molecule has 4 heteroatoms. The van der Waals surface area contributed by atoms with E-state index in [1.807, 2.05) is 44.2 Å². The lowest BCUT2D eigenvalue weighted by molar-refractivity contribution is -0.119. The predicted octanol–water partition coefficient (Wildman–Crippen LogP) is 4.39. The summed E-state index contributed by atoms with van der Waals surface area (Å²) < 4.78 is 0. The lowest BCUT2D eigenvalue weighted by atomic mass is 9.99. The highest BCUT2D eigenvalue weighted by molar-refractivity contribution is 6.60. The Kier molecular flexibility index (Phi) is 4.29. The Bertz CT molecular complexity index is 866. The minimum atomic E-state index is -0.471.